The van der Waals surface area contributed by atoms with Gasteiger partial charge in [-0.3, -0.25) is 4.79 Å². The zero-order valence-corrected chi connectivity index (χ0v) is 13.4. The molecule has 0 aliphatic rings. The minimum atomic E-state index is -4.03. The molecular formula is C16H16FNO4S. The number of carbonyl (C=O) groups is 1. The van der Waals surface area contributed by atoms with Gasteiger partial charge in [-0.2, -0.15) is 0 Å². The van der Waals surface area contributed by atoms with Crippen LogP contribution in [0.15, 0.2) is 53.4 Å². The van der Waals surface area contributed by atoms with Crippen LogP contribution in [0.4, 0.5) is 4.39 Å². The van der Waals surface area contributed by atoms with Gasteiger partial charge >= 0.3 is 0 Å². The van der Waals surface area contributed by atoms with Crippen molar-refractivity contribution in [1.82, 2.24) is 4.72 Å². The van der Waals surface area contributed by atoms with Gasteiger partial charge in [-0.15, -0.1) is 0 Å². The van der Waals surface area contributed by atoms with Crippen LogP contribution in [0.1, 0.15) is 18.4 Å². The Bertz CT molecular complexity index is 786. The van der Waals surface area contributed by atoms with Crippen molar-refractivity contribution in [2.24, 2.45) is 0 Å². The lowest BCUT2D eigenvalue weighted by Crippen LogP contribution is -2.33. The number of rotatable bonds is 5. The van der Waals surface area contributed by atoms with Crippen molar-refractivity contribution in [2.75, 3.05) is 7.11 Å². The first-order valence-electron chi connectivity index (χ1n) is 6.79. The summed E-state index contributed by atoms with van der Waals surface area (Å²) in [6.45, 7) is 1.59. The van der Waals surface area contributed by atoms with Crippen LogP contribution in [-0.4, -0.2) is 21.4 Å². The fraction of sp³-hybridized carbons (Fsp3) is 0.188. The molecule has 1 unspecified atom stereocenters. The summed E-state index contributed by atoms with van der Waals surface area (Å²) < 4.78 is 44.1. The summed E-state index contributed by atoms with van der Waals surface area (Å²) in [4.78, 5) is 12.0. The molecular weight excluding hydrogens is 321 g/mol. The molecule has 0 spiro atoms. The number of ether oxygens (including phenoxy) is 1. The van der Waals surface area contributed by atoms with Gasteiger partial charge in [0.05, 0.1) is 17.9 Å². The predicted octanol–water partition coefficient (Wildman–Crippen LogP) is 2.44. The lowest BCUT2D eigenvalue weighted by atomic mass is 10.0. The fourth-order valence-electron chi connectivity index (χ4n) is 1.94. The summed E-state index contributed by atoms with van der Waals surface area (Å²) in [7, 11) is -2.50. The molecule has 0 fully saturated rings. The Morgan fingerprint density at radius 3 is 2.17 bits per heavy atom. The second kappa shape index (κ2) is 6.78. The zero-order chi connectivity index (χ0) is 17.0. The maximum Gasteiger partial charge on any atom is 0.264 e. The standard InChI is InChI=1S/C16H16FNO4S/c1-11(12-3-7-14(22-2)8-4-12)16(19)18-23(20,21)15-9-5-13(17)6-10-15/h3-11H,1-2H3,(H,18,19). The Morgan fingerprint density at radius 2 is 1.65 bits per heavy atom. The van der Waals surface area contributed by atoms with Crippen molar-refractivity contribution in [1.29, 1.82) is 0 Å². The number of carbonyl (C=O) groups excluding carboxylic acids is 1. The molecule has 0 heterocycles. The first-order valence-corrected chi connectivity index (χ1v) is 8.28. The molecule has 0 saturated heterocycles. The van der Waals surface area contributed by atoms with Crippen molar-refractivity contribution >= 4 is 15.9 Å². The first-order chi connectivity index (χ1) is 10.8. The quantitative estimate of drug-likeness (QED) is 0.909. The number of methoxy groups -OCH3 is 1. The van der Waals surface area contributed by atoms with Gasteiger partial charge in [0.1, 0.15) is 11.6 Å². The zero-order valence-electron chi connectivity index (χ0n) is 12.6. The largest absolute Gasteiger partial charge is 0.497 e. The maximum atomic E-state index is 12.9. The third kappa shape index (κ3) is 4.07. The molecule has 5 nitrogen and oxygen atoms in total. The highest BCUT2D eigenvalue weighted by Gasteiger charge is 2.22. The van der Waals surface area contributed by atoms with Gasteiger partial charge in [0.25, 0.3) is 10.0 Å². The number of benzene rings is 2. The van der Waals surface area contributed by atoms with Gasteiger partial charge in [-0.1, -0.05) is 12.1 Å². The van der Waals surface area contributed by atoms with Crippen molar-refractivity contribution in [2.45, 2.75) is 17.7 Å². The van der Waals surface area contributed by atoms with E-state index in [1.165, 1.54) is 7.11 Å². The molecule has 23 heavy (non-hydrogen) atoms. The van der Waals surface area contributed by atoms with Gasteiger partial charge in [0, 0.05) is 0 Å². The third-order valence-electron chi connectivity index (χ3n) is 3.37. The van der Waals surface area contributed by atoms with E-state index in [1.54, 1.807) is 31.2 Å². The number of hydrogen-bond acceptors (Lipinski definition) is 4. The monoisotopic (exact) mass is 337 g/mol. The van der Waals surface area contributed by atoms with Crippen LogP contribution < -0.4 is 9.46 Å². The molecule has 1 atom stereocenters. The van der Waals surface area contributed by atoms with E-state index in [4.69, 9.17) is 4.74 Å². The number of nitrogens with one attached hydrogen (secondary N) is 1. The molecule has 0 aromatic heterocycles. The minimum absolute atomic E-state index is 0.172. The second-order valence-corrected chi connectivity index (χ2v) is 6.60. The van der Waals surface area contributed by atoms with Gasteiger partial charge in [-0.25, -0.2) is 17.5 Å². The number of hydrogen-bond donors (Lipinski definition) is 1. The molecule has 0 saturated carbocycles. The average molecular weight is 337 g/mol. The Hall–Kier alpha value is -2.41. The summed E-state index contributed by atoms with van der Waals surface area (Å²) >= 11 is 0. The Balaban J connectivity index is 2.14. The first kappa shape index (κ1) is 17.0. The maximum absolute atomic E-state index is 12.9. The van der Waals surface area contributed by atoms with Crippen LogP contribution in [0.5, 0.6) is 5.75 Å². The molecule has 0 aliphatic carbocycles. The van der Waals surface area contributed by atoms with Gasteiger partial charge in [-0.05, 0) is 48.9 Å². The summed E-state index contributed by atoms with van der Waals surface area (Å²) in [6.07, 6.45) is 0. The lowest BCUT2D eigenvalue weighted by Gasteiger charge is -2.13. The van der Waals surface area contributed by atoms with Crippen LogP contribution in [-0.2, 0) is 14.8 Å². The smallest absolute Gasteiger partial charge is 0.264 e. The molecule has 1 amide bonds. The molecule has 2 aromatic carbocycles. The van der Waals surface area contributed by atoms with Crippen molar-refractivity contribution in [3.8, 4) is 5.75 Å². The van der Waals surface area contributed by atoms with E-state index in [9.17, 15) is 17.6 Å². The third-order valence-corrected chi connectivity index (χ3v) is 4.73. The molecule has 2 aromatic rings. The molecule has 122 valence electrons. The molecule has 0 aliphatic heterocycles. The second-order valence-electron chi connectivity index (χ2n) is 4.92. The Kier molecular flexibility index (Phi) is 5.00. The van der Waals surface area contributed by atoms with Crippen LogP contribution in [0.3, 0.4) is 0 Å². The SMILES string of the molecule is COc1ccc(C(C)C(=O)NS(=O)(=O)c2ccc(F)cc2)cc1. The van der Waals surface area contributed by atoms with Crippen LogP contribution in [0.25, 0.3) is 0 Å². The Morgan fingerprint density at radius 1 is 1.09 bits per heavy atom. The highest BCUT2D eigenvalue weighted by atomic mass is 32.2. The molecule has 1 N–H and O–H groups in total. The van der Waals surface area contributed by atoms with Gasteiger partial charge < -0.3 is 4.74 Å². The summed E-state index contributed by atoms with van der Waals surface area (Å²) in [5.41, 5.74) is 0.651. The highest BCUT2D eigenvalue weighted by Crippen LogP contribution is 2.20. The Labute approximate surface area is 134 Å². The average Bonchev–Trinajstić information content (AvgIpc) is 2.54. The van der Waals surface area contributed by atoms with E-state index in [-0.39, 0.29) is 4.90 Å². The summed E-state index contributed by atoms with van der Waals surface area (Å²) in [5.74, 6) is -1.25. The van der Waals surface area contributed by atoms with E-state index in [0.717, 1.165) is 24.3 Å². The minimum Gasteiger partial charge on any atom is -0.497 e. The van der Waals surface area contributed by atoms with Gasteiger partial charge in [0.15, 0.2) is 0 Å². The fourth-order valence-corrected chi connectivity index (χ4v) is 2.99. The molecule has 7 heteroatoms. The van der Waals surface area contributed by atoms with Crippen LogP contribution >= 0.6 is 0 Å². The van der Waals surface area contributed by atoms with E-state index in [1.807, 2.05) is 4.72 Å². The van der Waals surface area contributed by atoms with E-state index < -0.39 is 27.7 Å². The molecule has 0 bridgehead atoms. The van der Waals surface area contributed by atoms with Crippen molar-refractivity contribution in [3.05, 3.63) is 59.9 Å². The summed E-state index contributed by atoms with van der Waals surface area (Å²) in [5, 5.41) is 0. The normalized spacial score (nSPS) is 12.5. The van der Waals surface area contributed by atoms with Crippen molar-refractivity contribution < 1.29 is 22.3 Å². The van der Waals surface area contributed by atoms with E-state index in [2.05, 4.69) is 0 Å². The highest BCUT2D eigenvalue weighted by molar-refractivity contribution is 7.90. The number of amides is 1. The van der Waals surface area contributed by atoms with Gasteiger partial charge in [0.2, 0.25) is 5.91 Å². The summed E-state index contributed by atoms with van der Waals surface area (Å²) in [6, 6.07) is 11.0. The van der Waals surface area contributed by atoms with Crippen LogP contribution in [0, 0.1) is 5.82 Å². The van der Waals surface area contributed by atoms with E-state index >= 15 is 0 Å². The van der Waals surface area contributed by atoms with Crippen molar-refractivity contribution in [3.63, 3.8) is 0 Å². The van der Waals surface area contributed by atoms with Crippen LogP contribution in [0.2, 0.25) is 0 Å². The number of sulfonamides is 1. The van der Waals surface area contributed by atoms with E-state index in [0.29, 0.717) is 11.3 Å². The molecule has 2 rings (SSSR count). The topological polar surface area (TPSA) is 72.5 Å². The molecule has 0 radical (unpaired) electrons. The lowest BCUT2D eigenvalue weighted by molar-refractivity contribution is -0.120. The predicted molar refractivity (Wildman–Crippen MR) is 83.1 cm³/mol. The number of halogens is 1.